The quantitative estimate of drug-likeness (QED) is 0.723. The Hall–Kier alpha value is -1.21. The summed E-state index contributed by atoms with van der Waals surface area (Å²) in [6, 6.07) is 17.7. The molecule has 0 radical (unpaired) electrons. The minimum Gasteiger partial charge on any atom is -0.129 e. The molecule has 0 bridgehead atoms. The molecule has 0 N–H and O–H groups in total. The van der Waals surface area contributed by atoms with Gasteiger partial charge >= 0.3 is 0 Å². The lowest BCUT2D eigenvalue weighted by Gasteiger charge is -2.26. The SMILES string of the molecule is CSc1cccc2c1C[C@@H](Cc1ccccc1)CC2. The van der Waals surface area contributed by atoms with Gasteiger partial charge in [0.25, 0.3) is 0 Å². The summed E-state index contributed by atoms with van der Waals surface area (Å²) in [5, 5.41) is 0. The van der Waals surface area contributed by atoms with E-state index in [1.165, 1.54) is 36.1 Å². The summed E-state index contributed by atoms with van der Waals surface area (Å²) in [6.07, 6.45) is 7.25. The highest BCUT2D eigenvalue weighted by atomic mass is 32.2. The second-order valence-corrected chi connectivity index (χ2v) is 6.24. The molecule has 1 aliphatic rings. The summed E-state index contributed by atoms with van der Waals surface area (Å²) >= 11 is 1.89. The first-order valence-electron chi connectivity index (χ1n) is 7.05. The molecule has 0 fully saturated rings. The molecule has 0 aromatic heterocycles. The smallest absolute Gasteiger partial charge is 0.0104 e. The van der Waals surface area contributed by atoms with Gasteiger partial charge in [0.1, 0.15) is 0 Å². The first-order valence-corrected chi connectivity index (χ1v) is 8.28. The third-order valence-electron chi connectivity index (χ3n) is 4.13. The predicted molar refractivity (Wildman–Crippen MR) is 83.9 cm³/mol. The molecule has 0 saturated carbocycles. The van der Waals surface area contributed by atoms with E-state index >= 15 is 0 Å². The number of thioether (sulfide) groups is 1. The van der Waals surface area contributed by atoms with Crippen LogP contribution < -0.4 is 0 Å². The van der Waals surface area contributed by atoms with E-state index in [0.717, 1.165) is 5.92 Å². The van der Waals surface area contributed by atoms with Crippen molar-refractivity contribution in [2.24, 2.45) is 5.92 Å². The molecular weight excluding hydrogens is 248 g/mol. The van der Waals surface area contributed by atoms with Gasteiger partial charge in [-0.15, -0.1) is 11.8 Å². The van der Waals surface area contributed by atoms with Crippen molar-refractivity contribution in [3.63, 3.8) is 0 Å². The van der Waals surface area contributed by atoms with E-state index in [1.54, 1.807) is 11.1 Å². The van der Waals surface area contributed by atoms with E-state index in [-0.39, 0.29) is 0 Å². The highest BCUT2D eigenvalue weighted by Crippen LogP contribution is 2.33. The van der Waals surface area contributed by atoms with Gasteiger partial charge < -0.3 is 0 Å². The highest BCUT2D eigenvalue weighted by Gasteiger charge is 2.20. The Labute approximate surface area is 120 Å². The maximum absolute atomic E-state index is 2.31. The molecule has 1 aliphatic carbocycles. The third-order valence-corrected chi connectivity index (χ3v) is 4.95. The van der Waals surface area contributed by atoms with Gasteiger partial charge in [0.2, 0.25) is 0 Å². The summed E-state index contributed by atoms with van der Waals surface area (Å²) in [5.41, 5.74) is 4.68. The molecule has 1 atom stereocenters. The largest absolute Gasteiger partial charge is 0.129 e. The fourth-order valence-corrected chi connectivity index (χ4v) is 3.82. The van der Waals surface area contributed by atoms with Crippen molar-refractivity contribution in [3.05, 3.63) is 65.2 Å². The van der Waals surface area contributed by atoms with Gasteiger partial charge in [-0.2, -0.15) is 0 Å². The minimum absolute atomic E-state index is 0.809. The van der Waals surface area contributed by atoms with E-state index < -0.39 is 0 Å². The first-order chi connectivity index (χ1) is 9.36. The number of benzene rings is 2. The minimum atomic E-state index is 0.809. The molecule has 19 heavy (non-hydrogen) atoms. The van der Waals surface area contributed by atoms with Crippen molar-refractivity contribution in [3.8, 4) is 0 Å². The lowest BCUT2D eigenvalue weighted by atomic mass is 9.81. The number of fused-ring (bicyclic) bond motifs is 1. The topological polar surface area (TPSA) is 0 Å². The molecule has 2 aromatic rings. The van der Waals surface area contributed by atoms with E-state index in [4.69, 9.17) is 0 Å². The van der Waals surface area contributed by atoms with Gasteiger partial charge in [-0.25, -0.2) is 0 Å². The lowest BCUT2D eigenvalue weighted by molar-refractivity contribution is 0.452. The first kappa shape index (κ1) is 12.8. The summed E-state index contributed by atoms with van der Waals surface area (Å²) in [4.78, 5) is 1.48. The second kappa shape index (κ2) is 5.83. The Morgan fingerprint density at radius 2 is 1.89 bits per heavy atom. The molecule has 0 unspecified atom stereocenters. The Morgan fingerprint density at radius 1 is 1.05 bits per heavy atom. The summed E-state index contributed by atoms with van der Waals surface area (Å²) < 4.78 is 0. The van der Waals surface area contributed by atoms with Gasteiger partial charge in [0.05, 0.1) is 0 Å². The Balaban J connectivity index is 1.78. The van der Waals surface area contributed by atoms with Crippen LogP contribution in [0.2, 0.25) is 0 Å². The van der Waals surface area contributed by atoms with Crippen LogP contribution in [-0.4, -0.2) is 6.26 Å². The van der Waals surface area contributed by atoms with Crippen molar-refractivity contribution >= 4 is 11.8 Å². The standard InChI is InChI=1S/C18H20S/c1-19-18-9-5-8-16-11-10-15(13-17(16)18)12-14-6-3-2-4-7-14/h2-9,15H,10-13H2,1H3/t15-/m1/s1. The van der Waals surface area contributed by atoms with Crippen LogP contribution in [0.5, 0.6) is 0 Å². The maximum Gasteiger partial charge on any atom is 0.0104 e. The Morgan fingerprint density at radius 3 is 2.68 bits per heavy atom. The molecule has 1 heteroatoms. The lowest BCUT2D eigenvalue weighted by Crippen LogP contribution is -2.17. The van der Waals surface area contributed by atoms with Crippen LogP contribution >= 0.6 is 11.8 Å². The van der Waals surface area contributed by atoms with E-state index in [9.17, 15) is 0 Å². The molecule has 0 aliphatic heterocycles. The molecule has 0 nitrogen and oxygen atoms in total. The average Bonchev–Trinajstić information content (AvgIpc) is 2.47. The monoisotopic (exact) mass is 268 g/mol. The summed E-state index contributed by atoms with van der Waals surface area (Å²) in [6.45, 7) is 0. The molecule has 98 valence electrons. The van der Waals surface area contributed by atoms with Crippen molar-refractivity contribution < 1.29 is 0 Å². The van der Waals surface area contributed by atoms with E-state index in [2.05, 4.69) is 54.8 Å². The van der Waals surface area contributed by atoms with Crippen LogP contribution in [0.3, 0.4) is 0 Å². The van der Waals surface area contributed by atoms with Crippen LogP contribution in [0.15, 0.2) is 53.4 Å². The normalized spacial score (nSPS) is 18.1. The van der Waals surface area contributed by atoms with Crippen LogP contribution in [0.4, 0.5) is 0 Å². The fourth-order valence-electron chi connectivity index (χ4n) is 3.14. The van der Waals surface area contributed by atoms with Crippen LogP contribution in [-0.2, 0) is 19.3 Å². The average molecular weight is 268 g/mol. The Bertz CT molecular complexity index is 531. The zero-order valence-corrected chi connectivity index (χ0v) is 12.2. The fraction of sp³-hybridized carbons (Fsp3) is 0.333. The van der Waals surface area contributed by atoms with Crippen molar-refractivity contribution in [2.75, 3.05) is 6.26 Å². The van der Waals surface area contributed by atoms with Gasteiger partial charge in [-0.05, 0) is 60.6 Å². The molecular formula is C18H20S. The van der Waals surface area contributed by atoms with Gasteiger partial charge in [0, 0.05) is 4.90 Å². The van der Waals surface area contributed by atoms with Gasteiger partial charge in [-0.1, -0.05) is 42.5 Å². The molecule has 0 heterocycles. The van der Waals surface area contributed by atoms with E-state index in [0.29, 0.717) is 0 Å². The van der Waals surface area contributed by atoms with Crippen molar-refractivity contribution in [1.82, 2.24) is 0 Å². The van der Waals surface area contributed by atoms with Crippen LogP contribution in [0, 0.1) is 5.92 Å². The van der Waals surface area contributed by atoms with Gasteiger partial charge in [0.15, 0.2) is 0 Å². The number of aryl methyl sites for hydroxylation is 1. The molecule has 0 saturated heterocycles. The molecule has 2 aromatic carbocycles. The van der Waals surface area contributed by atoms with E-state index in [1.807, 2.05) is 11.8 Å². The molecule has 3 rings (SSSR count). The molecule has 0 spiro atoms. The highest BCUT2D eigenvalue weighted by molar-refractivity contribution is 7.98. The second-order valence-electron chi connectivity index (χ2n) is 5.40. The van der Waals surface area contributed by atoms with Crippen LogP contribution in [0.25, 0.3) is 0 Å². The zero-order chi connectivity index (χ0) is 13.1. The maximum atomic E-state index is 2.31. The van der Waals surface area contributed by atoms with Crippen molar-refractivity contribution in [2.45, 2.75) is 30.6 Å². The van der Waals surface area contributed by atoms with Crippen molar-refractivity contribution in [1.29, 1.82) is 0 Å². The predicted octanol–water partition coefficient (Wildman–Crippen LogP) is 4.76. The third kappa shape index (κ3) is 2.87. The number of rotatable bonds is 3. The summed E-state index contributed by atoms with van der Waals surface area (Å²) in [7, 11) is 0. The van der Waals surface area contributed by atoms with Gasteiger partial charge in [-0.3, -0.25) is 0 Å². The van der Waals surface area contributed by atoms with Crippen LogP contribution in [0.1, 0.15) is 23.1 Å². The summed E-state index contributed by atoms with van der Waals surface area (Å²) in [5.74, 6) is 0.809. The Kier molecular flexibility index (Phi) is 3.93. The zero-order valence-electron chi connectivity index (χ0n) is 11.4. The molecule has 0 amide bonds. The number of hydrogen-bond acceptors (Lipinski definition) is 1. The number of hydrogen-bond donors (Lipinski definition) is 0.